The van der Waals surface area contributed by atoms with E-state index in [2.05, 4.69) is 158 Å². The Bertz CT molecular complexity index is 2430. The third kappa shape index (κ3) is 3.65. The molecule has 8 aromatic carbocycles. The normalized spacial score (nSPS) is 11.7. The van der Waals surface area contributed by atoms with E-state index in [9.17, 15) is 0 Å². The molecule has 200 valence electrons. The standard InChI is InChI=1S/C42H26O/c1-3-13-27(14-4-1)37-25-30(26-38-36-24-23-28-15-7-8-18-31(28)41(36)43-42(37)38)40-34-21-11-9-19-32(34)39(29-16-5-2-6-17-29)33-20-10-12-22-35(33)40/h1-26H. The topological polar surface area (TPSA) is 13.1 Å². The van der Waals surface area contributed by atoms with Crippen LogP contribution in [0, 0.1) is 0 Å². The van der Waals surface area contributed by atoms with Gasteiger partial charge in [0, 0.05) is 21.7 Å². The summed E-state index contributed by atoms with van der Waals surface area (Å²) < 4.78 is 6.79. The van der Waals surface area contributed by atoms with Crippen molar-refractivity contribution in [2.24, 2.45) is 0 Å². The minimum Gasteiger partial charge on any atom is -0.455 e. The van der Waals surface area contributed by atoms with Gasteiger partial charge in [0.15, 0.2) is 0 Å². The summed E-state index contributed by atoms with van der Waals surface area (Å²) in [5.41, 5.74) is 9.07. The Kier molecular flexibility index (Phi) is 5.27. The van der Waals surface area contributed by atoms with Crippen molar-refractivity contribution in [1.29, 1.82) is 0 Å². The monoisotopic (exact) mass is 546 g/mol. The van der Waals surface area contributed by atoms with E-state index < -0.39 is 0 Å². The fraction of sp³-hybridized carbons (Fsp3) is 0. The molecule has 0 amide bonds. The first-order valence-corrected chi connectivity index (χ1v) is 14.8. The van der Waals surface area contributed by atoms with Crippen LogP contribution in [0.3, 0.4) is 0 Å². The molecule has 0 unspecified atom stereocenters. The van der Waals surface area contributed by atoms with Gasteiger partial charge < -0.3 is 4.42 Å². The van der Waals surface area contributed by atoms with Crippen LogP contribution in [0.15, 0.2) is 162 Å². The van der Waals surface area contributed by atoms with Crippen molar-refractivity contribution in [3.63, 3.8) is 0 Å². The van der Waals surface area contributed by atoms with Gasteiger partial charge in [0.05, 0.1) is 0 Å². The first-order valence-electron chi connectivity index (χ1n) is 14.8. The van der Waals surface area contributed by atoms with E-state index in [-0.39, 0.29) is 0 Å². The molecule has 1 aromatic heterocycles. The van der Waals surface area contributed by atoms with Crippen LogP contribution in [0.25, 0.3) is 87.6 Å². The maximum Gasteiger partial charge on any atom is 0.143 e. The Labute approximate surface area is 249 Å². The second-order valence-corrected chi connectivity index (χ2v) is 11.2. The average molecular weight is 547 g/mol. The number of hydrogen-bond acceptors (Lipinski definition) is 1. The zero-order valence-electron chi connectivity index (χ0n) is 23.4. The lowest BCUT2D eigenvalue weighted by Crippen LogP contribution is -1.91. The van der Waals surface area contributed by atoms with Crippen LogP contribution >= 0.6 is 0 Å². The maximum atomic E-state index is 6.79. The smallest absolute Gasteiger partial charge is 0.143 e. The van der Waals surface area contributed by atoms with Crippen LogP contribution in [0.4, 0.5) is 0 Å². The molecule has 43 heavy (non-hydrogen) atoms. The third-order valence-corrected chi connectivity index (χ3v) is 8.83. The van der Waals surface area contributed by atoms with Gasteiger partial charge in [-0.1, -0.05) is 140 Å². The summed E-state index contributed by atoms with van der Waals surface area (Å²) in [5.74, 6) is 0. The zero-order valence-corrected chi connectivity index (χ0v) is 23.4. The van der Waals surface area contributed by atoms with E-state index in [1.54, 1.807) is 0 Å². The molecule has 0 saturated heterocycles. The lowest BCUT2D eigenvalue weighted by atomic mass is 9.85. The van der Waals surface area contributed by atoms with Crippen LogP contribution in [0.5, 0.6) is 0 Å². The van der Waals surface area contributed by atoms with Crippen molar-refractivity contribution >= 4 is 54.3 Å². The summed E-state index contributed by atoms with van der Waals surface area (Å²) in [6.07, 6.45) is 0. The van der Waals surface area contributed by atoms with E-state index in [0.717, 1.165) is 38.5 Å². The van der Waals surface area contributed by atoms with Gasteiger partial charge in [0.2, 0.25) is 0 Å². The van der Waals surface area contributed by atoms with Crippen molar-refractivity contribution in [2.45, 2.75) is 0 Å². The van der Waals surface area contributed by atoms with Crippen molar-refractivity contribution in [2.75, 3.05) is 0 Å². The third-order valence-electron chi connectivity index (χ3n) is 8.83. The van der Waals surface area contributed by atoms with E-state index in [1.807, 2.05) is 0 Å². The van der Waals surface area contributed by atoms with E-state index >= 15 is 0 Å². The highest BCUT2D eigenvalue weighted by molar-refractivity contribution is 6.23. The Balaban J connectivity index is 1.45. The molecule has 0 radical (unpaired) electrons. The Morgan fingerprint density at radius 1 is 0.302 bits per heavy atom. The molecule has 0 fully saturated rings. The molecular weight excluding hydrogens is 520 g/mol. The van der Waals surface area contributed by atoms with Crippen molar-refractivity contribution < 1.29 is 4.42 Å². The molecule has 0 saturated carbocycles. The molecular formula is C42H26O. The lowest BCUT2D eigenvalue weighted by Gasteiger charge is -2.18. The van der Waals surface area contributed by atoms with Gasteiger partial charge >= 0.3 is 0 Å². The summed E-state index contributed by atoms with van der Waals surface area (Å²) in [4.78, 5) is 0. The molecule has 0 bridgehead atoms. The number of fused-ring (bicyclic) bond motifs is 7. The van der Waals surface area contributed by atoms with Crippen LogP contribution in [-0.4, -0.2) is 0 Å². The van der Waals surface area contributed by atoms with Crippen molar-refractivity contribution in [3.05, 3.63) is 158 Å². The highest BCUT2D eigenvalue weighted by atomic mass is 16.3. The zero-order chi connectivity index (χ0) is 28.3. The molecule has 9 rings (SSSR count). The predicted octanol–water partition coefficient (Wildman–Crippen LogP) is 12.0. The highest BCUT2D eigenvalue weighted by Crippen LogP contribution is 2.47. The number of benzene rings is 8. The van der Waals surface area contributed by atoms with E-state index in [4.69, 9.17) is 4.42 Å². The fourth-order valence-corrected chi connectivity index (χ4v) is 6.94. The minimum absolute atomic E-state index is 0.927. The summed E-state index contributed by atoms with van der Waals surface area (Å²) in [6.45, 7) is 0. The average Bonchev–Trinajstić information content (AvgIpc) is 3.46. The largest absolute Gasteiger partial charge is 0.455 e. The van der Waals surface area contributed by atoms with Gasteiger partial charge in [-0.25, -0.2) is 0 Å². The van der Waals surface area contributed by atoms with E-state index in [0.29, 0.717) is 0 Å². The quantitative estimate of drug-likeness (QED) is 0.201. The SMILES string of the molecule is c1ccc(-c2c3ccccc3c(-c3cc(-c4ccccc4)c4oc5c6ccccc6ccc5c4c3)c3ccccc23)cc1. The molecule has 0 aliphatic carbocycles. The second-order valence-electron chi connectivity index (χ2n) is 11.2. The molecule has 1 nitrogen and oxygen atoms in total. The number of furan rings is 1. The van der Waals surface area contributed by atoms with Gasteiger partial charge in [0.25, 0.3) is 0 Å². The highest BCUT2D eigenvalue weighted by Gasteiger charge is 2.20. The Hall–Kier alpha value is -5.66. The minimum atomic E-state index is 0.927. The van der Waals surface area contributed by atoms with Gasteiger partial charge in [0.1, 0.15) is 11.2 Å². The molecule has 0 N–H and O–H groups in total. The number of hydrogen-bond donors (Lipinski definition) is 0. The van der Waals surface area contributed by atoms with Gasteiger partial charge in [-0.15, -0.1) is 0 Å². The number of rotatable bonds is 3. The summed E-state index contributed by atoms with van der Waals surface area (Å²) >= 11 is 0. The molecule has 0 spiro atoms. The molecule has 0 aliphatic rings. The molecule has 1 heterocycles. The summed E-state index contributed by atoms with van der Waals surface area (Å²) in [7, 11) is 0. The summed E-state index contributed by atoms with van der Waals surface area (Å²) in [6, 6.07) is 56.7. The molecule has 0 atom stereocenters. The van der Waals surface area contributed by atoms with Crippen molar-refractivity contribution in [1.82, 2.24) is 0 Å². The Morgan fingerprint density at radius 2 is 0.814 bits per heavy atom. The fourth-order valence-electron chi connectivity index (χ4n) is 6.94. The van der Waals surface area contributed by atoms with Gasteiger partial charge in [-0.05, 0) is 72.9 Å². The second kappa shape index (κ2) is 9.44. The van der Waals surface area contributed by atoms with Crippen LogP contribution < -0.4 is 0 Å². The van der Waals surface area contributed by atoms with E-state index in [1.165, 1.54) is 49.2 Å². The van der Waals surface area contributed by atoms with Gasteiger partial charge in [-0.3, -0.25) is 0 Å². The first kappa shape index (κ1) is 24.0. The lowest BCUT2D eigenvalue weighted by molar-refractivity contribution is 0.674. The predicted molar refractivity (Wildman–Crippen MR) is 183 cm³/mol. The van der Waals surface area contributed by atoms with Crippen LogP contribution in [-0.2, 0) is 0 Å². The first-order chi connectivity index (χ1) is 21.3. The summed E-state index contributed by atoms with van der Waals surface area (Å²) in [5, 5.41) is 9.61. The molecule has 0 aliphatic heterocycles. The molecule has 9 aromatic rings. The van der Waals surface area contributed by atoms with Crippen LogP contribution in [0.1, 0.15) is 0 Å². The van der Waals surface area contributed by atoms with Crippen LogP contribution in [0.2, 0.25) is 0 Å². The van der Waals surface area contributed by atoms with Crippen molar-refractivity contribution in [3.8, 4) is 33.4 Å². The van der Waals surface area contributed by atoms with Gasteiger partial charge in [-0.2, -0.15) is 0 Å². The maximum absolute atomic E-state index is 6.79. The Morgan fingerprint density at radius 3 is 1.44 bits per heavy atom. The molecule has 1 heteroatoms.